The standard InChI is InChI=1S/C16H21N3OS/c1-11-12(2)21-14(19-11)9-10-18-15(20)16(3,17)13-7-5-4-6-8-13/h4-8H,9-10,17H2,1-3H3,(H,18,20). The predicted molar refractivity (Wildman–Crippen MR) is 86.3 cm³/mol. The average Bonchev–Trinajstić information content (AvgIpc) is 2.78. The van der Waals surface area contributed by atoms with Gasteiger partial charge in [-0.25, -0.2) is 4.98 Å². The molecule has 5 heteroatoms. The molecule has 0 aliphatic heterocycles. The number of hydrogen-bond acceptors (Lipinski definition) is 4. The molecule has 0 radical (unpaired) electrons. The summed E-state index contributed by atoms with van der Waals surface area (Å²) in [7, 11) is 0. The van der Waals surface area contributed by atoms with Crippen molar-refractivity contribution in [1.29, 1.82) is 0 Å². The van der Waals surface area contributed by atoms with Crippen LogP contribution >= 0.6 is 11.3 Å². The second kappa shape index (κ2) is 6.37. The smallest absolute Gasteiger partial charge is 0.244 e. The van der Waals surface area contributed by atoms with Gasteiger partial charge in [0.2, 0.25) is 5.91 Å². The van der Waals surface area contributed by atoms with Gasteiger partial charge in [-0.1, -0.05) is 30.3 Å². The van der Waals surface area contributed by atoms with E-state index in [4.69, 9.17) is 5.73 Å². The van der Waals surface area contributed by atoms with Crippen LogP contribution in [0, 0.1) is 13.8 Å². The number of rotatable bonds is 5. The fourth-order valence-corrected chi connectivity index (χ4v) is 2.96. The van der Waals surface area contributed by atoms with Crippen LogP contribution in [0.3, 0.4) is 0 Å². The number of nitrogens with zero attached hydrogens (tertiary/aromatic N) is 1. The Morgan fingerprint density at radius 1 is 1.33 bits per heavy atom. The number of benzene rings is 1. The first kappa shape index (κ1) is 15.7. The Bertz CT molecular complexity index is 600. The van der Waals surface area contributed by atoms with E-state index >= 15 is 0 Å². The number of nitrogens with one attached hydrogen (secondary N) is 1. The van der Waals surface area contributed by atoms with Crippen molar-refractivity contribution in [3.05, 3.63) is 51.5 Å². The lowest BCUT2D eigenvalue weighted by Crippen LogP contribution is -2.49. The fraction of sp³-hybridized carbons (Fsp3) is 0.375. The van der Waals surface area contributed by atoms with Crippen LogP contribution in [0.1, 0.15) is 28.1 Å². The zero-order chi connectivity index (χ0) is 15.5. The Labute approximate surface area is 129 Å². The zero-order valence-electron chi connectivity index (χ0n) is 12.6. The second-order valence-corrected chi connectivity index (χ2v) is 6.61. The van der Waals surface area contributed by atoms with Gasteiger partial charge >= 0.3 is 0 Å². The van der Waals surface area contributed by atoms with Crippen molar-refractivity contribution in [2.24, 2.45) is 5.73 Å². The van der Waals surface area contributed by atoms with Gasteiger partial charge < -0.3 is 11.1 Å². The minimum absolute atomic E-state index is 0.168. The van der Waals surface area contributed by atoms with Crippen molar-refractivity contribution in [2.75, 3.05) is 6.54 Å². The van der Waals surface area contributed by atoms with E-state index in [1.165, 1.54) is 4.88 Å². The molecule has 0 spiro atoms. The second-order valence-electron chi connectivity index (χ2n) is 5.32. The van der Waals surface area contributed by atoms with Crippen LogP contribution in [0.4, 0.5) is 0 Å². The van der Waals surface area contributed by atoms with Gasteiger partial charge in [-0.3, -0.25) is 4.79 Å². The van der Waals surface area contributed by atoms with Crippen molar-refractivity contribution in [2.45, 2.75) is 32.7 Å². The van der Waals surface area contributed by atoms with E-state index in [1.807, 2.05) is 37.3 Å². The molecular weight excluding hydrogens is 282 g/mol. The summed E-state index contributed by atoms with van der Waals surface area (Å²) >= 11 is 1.68. The summed E-state index contributed by atoms with van der Waals surface area (Å²) in [6.07, 6.45) is 0.732. The minimum atomic E-state index is -1.02. The maximum atomic E-state index is 12.3. The Hall–Kier alpha value is -1.72. The molecule has 1 unspecified atom stereocenters. The van der Waals surface area contributed by atoms with Gasteiger partial charge in [-0.05, 0) is 26.3 Å². The van der Waals surface area contributed by atoms with E-state index < -0.39 is 5.54 Å². The summed E-state index contributed by atoms with van der Waals surface area (Å²) in [5, 5.41) is 3.95. The maximum Gasteiger partial charge on any atom is 0.244 e. The van der Waals surface area contributed by atoms with Crippen LogP contribution in [0.15, 0.2) is 30.3 Å². The lowest BCUT2D eigenvalue weighted by Gasteiger charge is -2.24. The molecule has 1 aromatic heterocycles. The van der Waals surface area contributed by atoms with Crippen molar-refractivity contribution in [3.8, 4) is 0 Å². The largest absolute Gasteiger partial charge is 0.354 e. The van der Waals surface area contributed by atoms with Crippen LogP contribution in [0.25, 0.3) is 0 Å². The number of aromatic nitrogens is 1. The fourth-order valence-electron chi connectivity index (χ4n) is 2.03. The topological polar surface area (TPSA) is 68.0 Å². The van der Waals surface area contributed by atoms with Crippen molar-refractivity contribution in [1.82, 2.24) is 10.3 Å². The molecule has 4 nitrogen and oxygen atoms in total. The average molecular weight is 303 g/mol. The third kappa shape index (κ3) is 3.68. The molecular formula is C16H21N3OS. The highest BCUT2D eigenvalue weighted by molar-refractivity contribution is 7.11. The SMILES string of the molecule is Cc1nc(CCNC(=O)C(C)(N)c2ccccc2)sc1C. The predicted octanol–water partition coefficient (Wildman–Crippen LogP) is 2.29. The van der Waals surface area contributed by atoms with Crippen molar-refractivity contribution in [3.63, 3.8) is 0 Å². The lowest BCUT2D eigenvalue weighted by molar-refractivity contribution is -0.126. The van der Waals surface area contributed by atoms with Crippen LogP contribution < -0.4 is 11.1 Å². The lowest BCUT2D eigenvalue weighted by atomic mass is 9.92. The first-order chi connectivity index (χ1) is 9.91. The molecule has 0 aliphatic carbocycles. The van der Waals surface area contributed by atoms with Gasteiger partial charge in [0.1, 0.15) is 5.54 Å². The van der Waals surface area contributed by atoms with Gasteiger partial charge in [0, 0.05) is 17.8 Å². The zero-order valence-corrected chi connectivity index (χ0v) is 13.5. The van der Waals surface area contributed by atoms with E-state index in [1.54, 1.807) is 18.3 Å². The highest BCUT2D eigenvalue weighted by atomic mass is 32.1. The molecule has 0 fully saturated rings. The number of amides is 1. The molecule has 0 saturated heterocycles. The number of hydrogen-bond donors (Lipinski definition) is 2. The number of aryl methyl sites for hydroxylation is 2. The summed E-state index contributed by atoms with van der Waals surface area (Å²) in [5.74, 6) is -0.168. The van der Waals surface area contributed by atoms with Crippen LogP contribution in [-0.4, -0.2) is 17.4 Å². The maximum absolute atomic E-state index is 12.3. The molecule has 0 bridgehead atoms. The van der Waals surface area contributed by atoms with Crippen LogP contribution in [-0.2, 0) is 16.8 Å². The Kier molecular flexibility index (Phi) is 4.75. The number of carbonyl (C=O) groups excluding carboxylic acids is 1. The van der Waals surface area contributed by atoms with Crippen LogP contribution in [0.5, 0.6) is 0 Å². The van der Waals surface area contributed by atoms with E-state index in [0.717, 1.165) is 22.7 Å². The Morgan fingerprint density at radius 3 is 2.57 bits per heavy atom. The molecule has 112 valence electrons. The monoisotopic (exact) mass is 303 g/mol. The van der Waals surface area contributed by atoms with E-state index in [9.17, 15) is 4.79 Å². The number of nitrogens with two attached hydrogens (primary N) is 1. The summed E-state index contributed by atoms with van der Waals surface area (Å²) in [6, 6.07) is 9.41. The van der Waals surface area contributed by atoms with Gasteiger partial charge in [0.25, 0.3) is 0 Å². The number of thiazole rings is 1. The third-order valence-corrected chi connectivity index (χ3v) is 4.68. The van der Waals surface area contributed by atoms with Crippen molar-refractivity contribution >= 4 is 17.2 Å². The van der Waals surface area contributed by atoms with E-state index in [-0.39, 0.29) is 5.91 Å². The highest BCUT2D eigenvalue weighted by Crippen LogP contribution is 2.18. The van der Waals surface area contributed by atoms with Gasteiger partial charge in [0.15, 0.2) is 0 Å². The van der Waals surface area contributed by atoms with E-state index in [0.29, 0.717) is 6.54 Å². The molecule has 2 rings (SSSR count). The summed E-state index contributed by atoms with van der Waals surface area (Å²) in [5.41, 5.74) is 7.02. The van der Waals surface area contributed by atoms with Gasteiger partial charge in [-0.15, -0.1) is 11.3 Å². The highest BCUT2D eigenvalue weighted by Gasteiger charge is 2.29. The quantitative estimate of drug-likeness (QED) is 0.890. The number of carbonyl (C=O) groups is 1. The molecule has 0 saturated carbocycles. The van der Waals surface area contributed by atoms with E-state index in [2.05, 4.69) is 17.2 Å². The Balaban J connectivity index is 1.92. The van der Waals surface area contributed by atoms with Gasteiger partial charge in [0.05, 0.1) is 10.7 Å². The molecule has 1 atom stereocenters. The summed E-state index contributed by atoms with van der Waals surface area (Å²) < 4.78 is 0. The molecule has 0 aliphatic rings. The summed E-state index contributed by atoms with van der Waals surface area (Å²) in [4.78, 5) is 18.0. The molecule has 21 heavy (non-hydrogen) atoms. The first-order valence-electron chi connectivity index (χ1n) is 6.97. The molecule has 1 amide bonds. The van der Waals surface area contributed by atoms with Crippen molar-refractivity contribution < 1.29 is 4.79 Å². The van der Waals surface area contributed by atoms with Gasteiger partial charge in [-0.2, -0.15) is 0 Å². The third-order valence-electron chi connectivity index (χ3n) is 3.54. The Morgan fingerprint density at radius 2 is 2.00 bits per heavy atom. The molecule has 3 N–H and O–H groups in total. The summed E-state index contributed by atoms with van der Waals surface area (Å²) in [6.45, 7) is 6.34. The first-order valence-corrected chi connectivity index (χ1v) is 7.78. The molecule has 1 aromatic carbocycles. The minimum Gasteiger partial charge on any atom is -0.354 e. The molecule has 2 aromatic rings. The van der Waals surface area contributed by atoms with Crippen LogP contribution in [0.2, 0.25) is 0 Å². The molecule has 1 heterocycles. The normalized spacial score (nSPS) is 13.7.